The molecule has 6 heteroatoms. The van der Waals surface area contributed by atoms with E-state index in [2.05, 4.69) is 38.7 Å². The number of hydrogen-bond donors (Lipinski definition) is 0. The van der Waals surface area contributed by atoms with E-state index in [4.69, 9.17) is 9.72 Å². The van der Waals surface area contributed by atoms with E-state index in [0.717, 1.165) is 43.4 Å². The summed E-state index contributed by atoms with van der Waals surface area (Å²) in [7, 11) is 1.66. The van der Waals surface area contributed by atoms with Crippen LogP contribution in [-0.4, -0.2) is 22.3 Å². The van der Waals surface area contributed by atoms with Gasteiger partial charge in [-0.2, -0.15) is 0 Å². The van der Waals surface area contributed by atoms with Gasteiger partial charge in [-0.1, -0.05) is 51.5 Å². The fourth-order valence-electron chi connectivity index (χ4n) is 3.79. The highest BCUT2D eigenvalue weighted by molar-refractivity contribution is 9.10. The van der Waals surface area contributed by atoms with Crippen LogP contribution in [-0.2, 0) is 6.42 Å². The standard InChI is InChI=1S/C22H17BrN2O2S/c1-27-17-8-4-13(5-9-17)15-10-19-21(20(26)11-15)28-22-24-18(12-25(19)22)14-2-6-16(23)7-3-14/h2-9,12,15H,10-11H2,1H3/t15-/m1/s1. The van der Waals surface area contributed by atoms with Gasteiger partial charge in [-0.05, 0) is 42.2 Å². The number of hydrogen-bond acceptors (Lipinski definition) is 4. The van der Waals surface area contributed by atoms with Crippen LogP contribution >= 0.6 is 27.3 Å². The van der Waals surface area contributed by atoms with Gasteiger partial charge in [0.2, 0.25) is 0 Å². The number of aromatic nitrogens is 2. The number of carbonyl (C=O) groups excluding carboxylic acids is 1. The molecule has 0 bridgehead atoms. The summed E-state index contributed by atoms with van der Waals surface area (Å²) in [6, 6.07) is 16.2. The Morgan fingerprint density at radius 1 is 1.11 bits per heavy atom. The second-order valence-corrected chi connectivity index (χ2v) is 8.86. The van der Waals surface area contributed by atoms with Gasteiger partial charge in [-0.15, -0.1) is 0 Å². The molecule has 1 atom stereocenters. The lowest BCUT2D eigenvalue weighted by atomic mass is 9.84. The molecule has 1 aliphatic carbocycles. The molecule has 0 saturated heterocycles. The molecule has 0 radical (unpaired) electrons. The molecule has 4 aromatic rings. The molecule has 2 aromatic heterocycles. The monoisotopic (exact) mass is 452 g/mol. The Morgan fingerprint density at radius 3 is 2.57 bits per heavy atom. The number of imidazole rings is 1. The topological polar surface area (TPSA) is 43.6 Å². The number of Topliss-reactive ketones (excluding diaryl/α,β-unsaturated/α-hetero) is 1. The number of thiazole rings is 1. The normalized spacial score (nSPS) is 16.4. The maximum absolute atomic E-state index is 12.8. The number of halogens is 1. The van der Waals surface area contributed by atoms with Crippen molar-refractivity contribution in [2.75, 3.05) is 7.11 Å². The van der Waals surface area contributed by atoms with Gasteiger partial charge in [0, 0.05) is 28.3 Å². The lowest BCUT2D eigenvalue weighted by Crippen LogP contribution is -2.18. The maximum Gasteiger partial charge on any atom is 0.195 e. The molecule has 4 nitrogen and oxygen atoms in total. The number of carbonyl (C=O) groups is 1. The Labute approximate surface area is 174 Å². The minimum absolute atomic E-state index is 0.183. The highest BCUT2D eigenvalue weighted by atomic mass is 79.9. The third-order valence-electron chi connectivity index (χ3n) is 5.27. The van der Waals surface area contributed by atoms with E-state index in [0.29, 0.717) is 6.42 Å². The molecule has 2 aromatic carbocycles. The highest BCUT2D eigenvalue weighted by Crippen LogP contribution is 2.38. The lowest BCUT2D eigenvalue weighted by Gasteiger charge is -2.21. The van der Waals surface area contributed by atoms with Gasteiger partial charge >= 0.3 is 0 Å². The summed E-state index contributed by atoms with van der Waals surface area (Å²) in [6.07, 6.45) is 3.43. The number of benzene rings is 2. The smallest absolute Gasteiger partial charge is 0.195 e. The van der Waals surface area contributed by atoms with Gasteiger partial charge in [0.25, 0.3) is 0 Å². The molecule has 0 saturated carbocycles. The zero-order valence-electron chi connectivity index (χ0n) is 15.2. The molecule has 0 N–H and O–H groups in total. The highest BCUT2D eigenvalue weighted by Gasteiger charge is 2.30. The Kier molecular flexibility index (Phi) is 4.33. The molecular formula is C22H17BrN2O2S. The average molecular weight is 453 g/mol. The number of rotatable bonds is 3. The lowest BCUT2D eigenvalue weighted by molar-refractivity contribution is 0.0967. The van der Waals surface area contributed by atoms with E-state index in [1.165, 1.54) is 16.9 Å². The number of methoxy groups -OCH3 is 1. The zero-order valence-corrected chi connectivity index (χ0v) is 17.6. The van der Waals surface area contributed by atoms with Crippen molar-refractivity contribution in [3.63, 3.8) is 0 Å². The molecule has 0 unspecified atom stereocenters. The van der Waals surface area contributed by atoms with Crippen molar-refractivity contribution in [3.8, 4) is 17.0 Å². The van der Waals surface area contributed by atoms with E-state index in [1.54, 1.807) is 7.11 Å². The van der Waals surface area contributed by atoms with Gasteiger partial charge in [-0.25, -0.2) is 4.98 Å². The van der Waals surface area contributed by atoms with Crippen LogP contribution in [0.1, 0.15) is 33.3 Å². The first kappa shape index (κ1) is 17.6. The van der Waals surface area contributed by atoms with E-state index in [-0.39, 0.29) is 11.7 Å². The Morgan fingerprint density at radius 2 is 1.86 bits per heavy atom. The van der Waals surface area contributed by atoms with Crippen LogP contribution in [0.15, 0.2) is 59.2 Å². The molecule has 0 spiro atoms. The van der Waals surface area contributed by atoms with Gasteiger partial charge < -0.3 is 4.74 Å². The van der Waals surface area contributed by atoms with Crippen molar-refractivity contribution in [1.82, 2.24) is 9.38 Å². The minimum atomic E-state index is 0.183. The SMILES string of the molecule is COc1ccc([C@H]2CC(=O)c3sc4nc(-c5ccc(Br)cc5)cn4c3C2)cc1. The van der Waals surface area contributed by atoms with Crippen LogP contribution in [0, 0.1) is 0 Å². The molecular weight excluding hydrogens is 436 g/mol. The van der Waals surface area contributed by atoms with Crippen molar-refractivity contribution in [2.45, 2.75) is 18.8 Å². The van der Waals surface area contributed by atoms with Crippen LogP contribution < -0.4 is 4.74 Å². The van der Waals surface area contributed by atoms with Gasteiger partial charge in [0.15, 0.2) is 10.7 Å². The van der Waals surface area contributed by atoms with Crippen molar-refractivity contribution in [2.24, 2.45) is 0 Å². The second-order valence-electron chi connectivity index (χ2n) is 6.97. The number of fused-ring (bicyclic) bond motifs is 3. The van der Waals surface area contributed by atoms with Crippen LogP contribution in [0.3, 0.4) is 0 Å². The third-order valence-corrected chi connectivity index (χ3v) is 6.94. The van der Waals surface area contributed by atoms with E-state index >= 15 is 0 Å². The molecule has 5 rings (SSSR count). The molecule has 0 fully saturated rings. The van der Waals surface area contributed by atoms with E-state index < -0.39 is 0 Å². The van der Waals surface area contributed by atoms with Gasteiger partial charge in [0.1, 0.15) is 5.75 Å². The minimum Gasteiger partial charge on any atom is -0.497 e. The van der Waals surface area contributed by atoms with Crippen molar-refractivity contribution >= 4 is 38.0 Å². The summed E-state index contributed by atoms with van der Waals surface area (Å²) in [4.78, 5) is 19.3. The van der Waals surface area contributed by atoms with Crippen LogP contribution in [0.25, 0.3) is 16.2 Å². The molecule has 2 heterocycles. The van der Waals surface area contributed by atoms with Crippen LogP contribution in [0.2, 0.25) is 0 Å². The fourth-order valence-corrected chi connectivity index (χ4v) is 5.14. The van der Waals surface area contributed by atoms with Crippen LogP contribution in [0.4, 0.5) is 0 Å². The molecule has 28 heavy (non-hydrogen) atoms. The number of ether oxygens (including phenoxy) is 1. The first-order valence-electron chi connectivity index (χ1n) is 9.06. The largest absolute Gasteiger partial charge is 0.497 e. The second kappa shape index (κ2) is 6.87. The molecule has 0 aliphatic heterocycles. The van der Waals surface area contributed by atoms with Crippen molar-refractivity contribution in [1.29, 1.82) is 0 Å². The van der Waals surface area contributed by atoms with Crippen molar-refractivity contribution < 1.29 is 9.53 Å². The van der Waals surface area contributed by atoms with Crippen LogP contribution in [0.5, 0.6) is 5.75 Å². The maximum atomic E-state index is 12.8. The number of nitrogens with zero attached hydrogens (tertiary/aromatic N) is 2. The number of ketones is 1. The van der Waals surface area contributed by atoms with E-state index in [1.807, 2.05) is 36.4 Å². The predicted molar refractivity (Wildman–Crippen MR) is 115 cm³/mol. The molecule has 0 amide bonds. The summed E-state index contributed by atoms with van der Waals surface area (Å²) in [5.74, 6) is 1.23. The average Bonchev–Trinajstić information content (AvgIpc) is 3.28. The fraction of sp³-hybridized carbons (Fsp3) is 0.182. The Hall–Kier alpha value is -2.44. The summed E-state index contributed by atoms with van der Waals surface area (Å²) in [5, 5.41) is 0. The van der Waals surface area contributed by atoms with Gasteiger partial charge in [0.05, 0.1) is 17.7 Å². The first-order chi connectivity index (χ1) is 13.6. The summed E-state index contributed by atoms with van der Waals surface area (Å²) in [6.45, 7) is 0. The van der Waals surface area contributed by atoms with E-state index in [9.17, 15) is 4.79 Å². The van der Waals surface area contributed by atoms with Crippen molar-refractivity contribution in [3.05, 3.63) is 75.3 Å². The summed E-state index contributed by atoms with van der Waals surface area (Å²) in [5.41, 5.74) is 4.25. The Bertz CT molecular complexity index is 1180. The summed E-state index contributed by atoms with van der Waals surface area (Å²) >= 11 is 4.97. The quantitative estimate of drug-likeness (QED) is 0.397. The molecule has 1 aliphatic rings. The molecule has 140 valence electrons. The summed E-state index contributed by atoms with van der Waals surface area (Å²) < 4.78 is 8.40. The first-order valence-corrected chi connectivity index (χ1v) is 10.7. The zero-order chi connectivity index (χ0) is 19.3. The third kappa shape index (κ3) is 2.97. The Balaban J connectivity index is 1.52. The predicted octanol–water partition coefficient (Wildman–Crippen LogP) is 5.75. The van der Waals surface area contributed by atoms with Gasteiger partial charge in [-0.3, -0.25) is 9.20 Å².